The minimum Gasteiger partial charge on any atom is -0.426 e. The Bertz CT molecular complexity index is 3010. The van der Waals surface area contributed by atoms with Crippen molar-refractivity contribution in [1.82, 2.24) is 0 Å². The lowest BCUT2D eigenvalue weighted by molar-refractivity contribution is 0.419. The van der Waals surface area contributed by atoms with Crippen LogP contribution < -0.4 is 51.9 Å². The van der Waals surface area contributed by atoms with Gasteiger partial charge in [0.15, 0.2) is 0 Å². The summed E-state index contributed by atoms with van der Waals surface area (Å²) >= 11 is 0. The second-order valence-electron chi connectivity index (χ2n) is 20.4. The van der Waals surface area contributed by atoms with Crippen molar-refractivity contribution in [2.45, 2.75) is 39.3 Å². The zero-order valence-electron chi connectivity index (χ0n) is 44.5. The van der Waals surface area contributed by atoms with Crippen LogP contribution >= 0.6 is 0 Å². The maximum Gasteiger partial charge on any atom is 0.387 e. The minimum atomic E-state index is -3.43. The van der Waals surface area contributed by atoms with Crippen LogP contribution in [0.5, 0.6) is 0 Å². The number of hydrogen-bond donors (Lipinski definition) is 0. The van der Waals surface area contributed by atoms with E-state index in [1.54, 1.807) is 0 Å². The Labute approximate surface area is 458 Å². The molecular weight excluding hydrogens is 1030 g/mol. The van der Waals surface area contributed by atoms with Crippen LogP contribution in [0.4, 0.5) is 0 Å². The van der Waals surface area contributed by atoms with E-state index in [0.717, 1.165) is 20.7 Å². The molecule has 0 radical (unpaired) electrons. The highest BCUT2D eigenvalue weighted by molar-refractivity contribution is 7.11. The van der Waals surface area contributed by atoms with Crippen molar-refractivity contribution in [3.63, 3.8) is 0 Å². The van der Waals surface area contributed by atoms with Crippen LogP contribution in [0.3, 0.4) is 0 Å². The molecule has 0 bridgehead atoms. The lowest BCUT2D eigenvalue weighted by Crippen LogP contribution is -2.78. The first-order chi connectivity index (χ1) is 36.9. The molecule has 0 spiro atoms. The first kappa shape index (κ1) is 54.1. The monoisotopic (exact) mass is 1090 g/mol. The van der Waals surface area contributed by atoms with Crippen LogP contribution in [-0.4, -0.2) is 50.4 Å². The summed E-state index contributed by atoms with van der Waals surface area (Å²) in [6.45, 7) is 13.8. The Balaban J connectivity index is 0.000000193. The molecule has 0 saturated carbocycles. The van der Waals surface area contributed by atoms with Crippen molar-refractivity contribution in [3.8, 4) is 0 Å². The predicted molar refractivity (Wildman–Crippen MR) is 335 cm³/mol. The van der Waals surface area contributed by atoms with Gasteiger partial charge in [-0.1, -0.05) is 303 Å². The molecule has 380 valence electrons. The second kappa shape index (κ2) is 24.1. The van der Waals surface area contributed by atoms with Gasteiger partial charge in [0.05, 0.1) is 0 Å². The lowest BCUT2D eigenvalue weighted by Gasteiger charge is -2.45. The molecule has 10 aromatic rings. The third-order valence-electron chi connectivity index (χ3n) is 14.3. The quantitative estimate of drug-likeness (QED) is 0.0804. The zero-order valence-corrected chi connectivity index (χ0v) is 50.5. The van der Waals surface area contributed by atoms with Crippen molar-refractivity contribution < 1.29 is 16.5 Å². The Kier molecular flexibility index (Phi) is 17.2. The van der Waals surface area contributed by atoms with E-state index in [1.807, 2.05) is 0 Å². The molecule has 10 rings (SSSR count). The first-order valence-electron chi connectivity index (χ1n) is 26.2. The normalized spacial score (nSPS) is 12.3. The minimum absolute atomic E-state index is 1.11. The van der Waals surface area contributed by atoms with E-state index in [9.17, 15) is 0 Å². The summed E-state index contributed by atoms with van der Waals surface area (Å²) in [6.07, 6.45) is 0. The SMILES string of the molecule is C[Si](C)(O[Si](O[Si](C)(C)c1ccccc1)(c1ccccc1)c1ccccc1)c1ccccc1.C[Si](O[Si](O[Si](C)(c1ccccc1)c1ccccc1)(c1ccccc1)c1ccccc1)(c1ccccc1)c1ccccc1. The van der Waals surface area contributed by atoms with Gasteiger partial charge in [0.25, 0.3) is 0 Å². The van der Waals surface area contributed by atoms with E-state index in [0.29, 0.717) is 0 Å². The molecule has 0 fully saturated rings. The fourth-order valence-corrected chi connectivity index (χ4v) is 37.4. The molecular formula is C66H68O4Si6. The average molecular weight is 1090 g/mol. The van der Waals surface area contributed by atoms with Crippen molar-refractivity contribution in [3.05, 3.63) is 303 Å². The van der Waals surface area contributed by atoms with E-state index < -0.39 is 50.4 Å². The molecule has 0 aliphatic rings. The molecule has 10 heteroatoms. The van der Waals surface area contributed by atoms with E-state index in [1.165, 1.54) is 31.1 Å². The predicted octanol–water partition coefficient (Wildman–Crippen LogP) is 9.56. The summed E-state index contributed by atoms with van der Waals surface area (Å²) in [5.74, 6) is 0. The second-order valence-corrected chi connectivity index (χ2v) is 42.1. The highest BCUT2D eigenvalue weighted by Crippen LogP contribution is 2.25. The third kappa shape index (κ3) is 12.0. The molecule has 0 saturated heterocycles. The Morgan fingerprint density at radius 2 is 0.316 bits per heavy atom. The summed E-state index contributed by atoms with van der Waals surface area (Å²) < 4.78 is 30.9. The van der Waals surface area contributed by atoms with Crippen molar-refractivity contribution in [2.24, 2.45) is 0 Å². The third-order valence-corrected chi connectivity index (χ3v) is 39.9. The van der Waals surface area contributed by atoms with Gasteiger partial charge >= 0.3 is 17.1 Å². The summed E-state index contributed by atoms with van der Waals surface area (Å²) in [7, 11) is -16.8. The van der Waals surface area contributed by atoms with Gasteiger partial charge < -0.3 is 16.5 Å². The molecule has 0 N–H and O–H groups in total. The van der Waals surface area contributed by atoms with Crippen LogP contribution in [0, 0.1) is 0 Å². The molecule has 10 aromatic carbocycles. The molecule has 4 nitrogen and oxygen atoms in total. The highest BCUT2D eigenvalue weighted by atomic mass is 28.5. The van der Waals surface area contributed by atoms with Crippen LogP contribution in [-0.2, 0) is 16.5 Å². The molecule has 0 aromatic heterocycles. The van der Waals surface area contributed by atoms with E-state index in [4.69, 9.17) is 16.5 Å². The van der Waals surface area contributed by atoms with Crippen LogP contribution in [0.15, 0.2) is 303 Å². The van der Waals surface area contributed by atoms with Crippen molar-refractivity contribution in [1.29, 1.82) is 0 Å². The van der Waals surface area contributed by atoms with Gasteiger partial charge in [0, 0.05) is 0 Å². The van der Waals surface area contributed by atoms with Gasteiger partial charge in [-0.15, -0.1) is 0 Å². The fourth-order valence-electron chi connectivity index (χ4n) is 10.2. The largest absolute Gasteiger partial charge is 0.426 e. The molecule has 76 heavy (non-hydrogen) atoms. The van der Waals surface area contributed by atoms with Gasteiger partial charge in [0.2, 0.25) is 33.3 Å². The summed E-state index contributed by atoms with van der Waals surface area (Å²) in [4.78, 5) is 0. The maximum atomic E-state index is 8.00. The number of hydrogen-bond acceptors (Lipinski definition) is 4. The van der Waals surface area contributed by atoms with Gasteiger partial charge in [-0.05, 0) is 91.1 Å². The summed E-state index contributed by atoms with van der Waals surface area (Å²) in [5, 5.41) is 12.0. The van der Waals surface area contributed by atoms with Gasteiger partial charge in [-0.3, -0.25) is 0 Å². The lowest BCUT2D eigenvalue weighted by atomic mass is 10.4. The zero-order chi connectivity index (χ0) is 53.0. The maximum absolute atomic E-state index is 8.00. The molecule has 0 atom stereocenters. The summed E-state index contributed by atoms with van der Waals surface area (Å²) in [5.41, 5.74) is 0. The Morgan fingerprint density at radius 1 is 0.171 bits per heavy atom. The van der Waals surface area contributed by atoms with Gasteiger partial charge in [0.1, 0.15) is 0 Å². The van der Waals surface area contributed by atoms with Crippen LogP contribution in [0.2, 0.25) is 39.3 Å². The van der Waals surface area contributed by atoms with Crippen molar-refractivity contribution in [2.75, 3.05) is 0 Å². The van der Waals surface area contributed by atoms with Crippen molar-refractivity contribution >= 4 is 102 Å². The molecule has 0 aliphatic carbocycles. The van der Waals surface area contributed by atoms with E-state index >= 15 is 0 Å². The highest BCUT2D eigenvalue weighted by Gasteiger charge is 2.55. The summed E-state index contributed by atoms with van der Waals surface area (Å²) in [6, 6.07) is 107. The standard InChI is InChI=1S/C38H36O2Si3.C28H32O2Si3/c1-41(33-21-9-3-10-22-33,34-23-11-4-12-24-34)39-43(37-29-17-7-18-30-37,38-31-19-8-20-32-38)40-42(2,35-25-13-5-14-26-35)36-27-15-6-16-28-36;1-31(2,25-17-9-5-10-18-25)29-33(27-21-13-7-14-22-27,28-23-15-8-16-24-28)30-32(3,4)26-19-11-6-12-20-26/h3-32H,1-2H3;5-24H,1-4H3. The fraction of sp³-hybridized carbons (Fsp3) is 0.0909. The Hall–Kier alpha value is -6.66. The van der Waals surface area contributed by atoms with E-state index in [-0.39, 0.29) is 0 Å². The average Bonchev–Trinajstić information content (AvgIpc) is 3.49. The van der Waals surface area contributed by atoms with Crippen LogP contribution in [0.25, 0.3) is 0 Å². The number of benzene rings is 10. The number of rotatable bonds is 18. The molecule has 0 unspecified atom stereocenters. The van der Waals surface area contributed by atoms with Gasteiger partial charge in [-0.2, -0.15) is 0 Å². The molecule has 0 aliphatic heterocycles. The van der Waals surface area contributed by atoms with E-state index in [2.05, 4.69) is 343 Å². The topological polar surface area (TPSA) is 36.9 Å². The first-order valence-corrected chi connectivity index (χ1v) is 40.5. The Morgan fingerprint density at radius 3 is 0.500 bits per heavy atom. The van der Waals surface area contributed by atoms with Gasteiger partial charge in [-0.25, -0.2) is 0 Å². The molecule has 0 amide bonds. The smallest absolute Gasteiger partial charge is 0.387 e. The molecule has 0 heterocycles. The van der Waals surface area contributed by atoms with Crippen LogP contribution in [0.1, 0.15) is 0 Å².